The summed E-state index contributed by atoms with van der Waals surface area (Å²) in [6.07, 6.45) is 0. The van der Waals surface area contributed by atoms with E-state index in [2.05, 4.69) is 20.6 Å². The molecule has 0 aliphatic heterocycles. The molecule has 220 valence electrons. The third kappa shape index (κ3) is 7.46. The molecule has 0 aliphatic rings. The molecule has 3 atom stereocenters. The monoisotopic (exact) mass is 576 g/mol. The second-order valence-electron chi connectivity index (χ2n) is 10.7. The van der Waals surface area contributed by atoms with Crippen molar-refractivity contribution in [1.29, 1.82) is 0 Å². The van der Waals surface area contributed by atoms with Crippen molar-refractivity contribution in [2.45, 2.75) is 40.7 Å². The molecule has 2 N–H and O–H groups in total. The van der Waals surface area contributed by atoms with Crippen LogP contribution in [-0.2, 0) is 19.2 Å². The van der Waals surface area contributed by atoms with Gasteiger partial charge in [-0.15, -0.1) is 0 Å². The average molecular weight is 577 g/mol. The highest BCUT2D eigenvalue weighted by Crippen LogP contribution is 2.25. The van der Waals surface area contributed by atoms with Crippen molar-refractivity contribution in [3.8, 4) is 0 Å². The topological polar surface area (TPSA) is 117 Å². The van der Waals surface area contributed by atoms with E-state index in [1.54, 1.807) is 32.9 Å². The first-order valence-electron chi connectivity index (χ1n) is 14.2. The molecule has 4 aromatic carbocycles. The molecular formula is C35H36N4O4. The number of carbonyl (C=O) groups is 4. The minimum atomic E-state index is -1.07. The van der Waals surface area contributed by atoms with E-state index >= 15 is 0 Å². The van der Waals surface area contributed by atoms with Gasteiger partial charge in [-0.1, -0.05) is 72.8 Å². The summed E-state index contributed by atoms with van der Waals surface area (Å²) in [4.78, 5) is 60.6. The quantitative estimate of drug-likeness (QED) is 0.161. The number of hydrogen-bond donors (Lipinski definition) is 2. The summed E-state index contributed by atoms with van der Waals surface area (Å²) in [5.74, 6) is -3.70. The molecule has 0 spiro atoms. The smallest absolute Gasteiger partial charge is 0.240 e. The van der Waals surface area contributed by atoms with E-state index in [-0.39, 0.29) is 18.1 Å². The minimum absolute atomic E-state index is 0.171. The van der Waals surface area contributed by atoms with E-state index in [0.29, 0.717) is 22.8 Å². The van der Waals surface area contributed by atoms with Crippen LogP contribution in [0.3, 0.4) is 0 Å². The molecule has 4 rings (SSSR count). The molecule has 0 aromatic heterocycles. The lowest BCUT2D eigenvalue weighted by atomic mass is 9.97. The zero-order valence-electron chi connectivity index (χ0n) is 25.0. The predicted octanol–water partition coefficient (Wildman–Crippen LogP) is 6.29. The molecule has 0 heterocycles. The van der Waals surface area contributed by atoms with Crippen molar-refractivity contribution >= 4 is 67.7 Å². The van der Waals surface area contributed by atoms with E-state index in [1.165, 1.54) is 13.8 Å². The summed E-state index contributed by atoms with van der Waals surface area (Å²) in [6, 6.07) is 26.1. The Bertz CT molecular complexity index is 1750. The Morgan fingerprint density at radius 1 is 0.605 bits per heavy atom. The van der Waals surface area contributed by atoms with E-state index in [4.69, 9.17) is 0 Å². The first kappa shape index (κ1) is 31.0. The molecule has 0 saturated carbocycles. The highest BCUT2D eigenvalue weighted by Gasteiger charge is 2.28. The van der Waals surface area contributed by atoms with Crippen molar-refractivity contribution in [2.75, 3.05) is 17.2 Å². The Morgan fingerprint density at radius 2 is 1.02 bits per heavy atom. The molecule has 0 bridgehead atoms. The van der Waals surface area contributed by atoms with Crippen molar-refractivity contribution in [1.82, 2.24) is 0 Å². The van der Waals surface area contributed by atoms with Crippen LogP contribution in [-0.4, -0.2) is 47.4 Å². The van der Waals surface area contributed by atoms with E-state index in [9.17, 15) is 19.2 Å². The van der Waals surface area contributed by atoms with Gasteiger partial charge in [0.1, 0.15) is 23.4 Å². The van der Waals surface area contributed by atoms with Gasteiger partial charge in [-0.05, 0) is 57.5 Å². The van der Waals surface area contributed by atoms with Gasteiger partial charge in [0.25, 0.3) is 0 Å². The second-order valence-corrected chi connectivity index (χ2v) is 10.7. The van der Waals surface area contributed by atoms with Crippen LogP contribution in [0.15, 0.2) is 94.9 Å². The molecule has 8 heteroatoms. The summed E-state index contributed by atoms with van der Waals surface area (Å²) in [5.41, 5.74) is 1.96. The van der Waals surface area contributed by atoms with Crippen LogP contribution >= 0.6 is 0 Å². The fourth-order valence-corrected chi connectivity index (χ4v) is 5.25. The van der Waals surface area contributed by atoms with Crippen LogP contribution in [0.2, 0.25) is 0 Å². The number of aliphatic imine (C=N–C) groups is 2. The minimum Gasteiger partial charge on any atom is -0.325 e. The van der Waals surface area contributed by atoms with Crippen LogP contribution in [0.4, 0.5) is 11.4 Å². The maximum atomic E-state index is 13.2. The molecule has 0 fully saturated rings. The number of benzene rings is 4. The Labute approximate surface area is 251 Å². The third-order valence-electron chi connectivity index (χ3n) is 7.30. The zero-order valence-corrected chi connectivity index (χ0v) is 25.0. The average Bonchev–Trinajstić information content (AvgIpc) is 2.96. The molecule has 0 radical (unpaired) electrons. The van der Waals surface area contributed by atoms with Crippen LogP contribution in [0.5, 0.6) is 0 Å². The van der Waals surface area contributed by atoms with Gasteiger partial charge in [0, 0.05) is 33.6 Å². The molecule has 43 heavy (non-hydrogen) atoms. The van der Waals surface area contributed by atoms with E-state index < -0.39 is 29.7 Å². The number of anilines is 2. The van der Waals surface area contributed by atoms with Crippen LogP contribution in [0, 0.1) is 11.8 Å². The lowest BCUT2D eigenvalue weighted by molar-refractivity contribution is -0.128. The van der Waals surface area contributed by atoms with Crippen LogP contribution in [0.1, 0.15) is 34.6 Å². The largest absolute Gasteiger partial charge is 0.325 e. The van der Waals surface area contributed by atoms with Crippen molar-refractivity contribution in [2.24, 2.45) is 21.8 Å². The SMILES string of the molecule is CC(=O)C(C(=O)Nc1cccc2ccccc12)C(C)=NCC(C)N=C(C)C(C(C)=O)C(=O)Nc1cccc2ccccc12. The number of hydrogen-bond acceptors (Lipinski definition) is 6. The number of fused-ring (bicyclic) bond motifs is 2. The maximum absolute atomic E-state index is 13.2. The summed E-state index contributed by atoms with van der Waals surface area (Å²) >= 11 is 0. The number of ketones is 2. The molecule has 0 aliphatic carbocycles. The molecular weight excluding hydrogens is 540 g/mol. The van der Waals surface area contributed by atoms with Gasteiger partial charge >= 0.3 is 0 Å². The van der Waals surface area contributed by atoms with Crippen LogP contribution in [0.25, 0.3) is 21.5 Å². The second kappa shape index (κ2) is 13.8. The van der Waals surface area contributed by atoms with Gasteiger partial charge in [0.2, 0.25) is 11.8 Å². The number of Topliss-reactive ketones (excluding diaryl/α,β-unsaturated/α-hetero) is 2. The number of amides is 2. The Morgan fingerprint density at radius 3 is 1.49 bits per heavy atom. The number of carbonyl (C=O) groups excluding carboxylic acids is 4. The molecule has 8 nitrogen and oxygen atoms in total. The van der Waals surface area contributed by atoms with Gasteiger partial charge < -0.3 is 10.6 Å². The summed E-state index contributed by atoms with van der Waals surface area (Å²) < 4.78 is 0. The normalized spacial score (nSPS) is 14.2. The van der Waals surface area contributed by atoms with Gasteiger partial charge in [-0.25, -0.2) is 0 Å². The van der Waals surface area contributed by atoms with Gasteiger partial charge in [0.05, 0.1) is 12.6 Å². The highest BCUT2D eigenvalue weighted by molar-refractivity contribution is 6.24. The Balaban J connectivity index is 1.46. The summed E-state index contributed by atoms with van der Waals surface area (Å²) in [6.45, 7) is 8.00. The number of rotatable bonds is 11. The molecule has 4 aromatic rings. The standard InChI is InChI=1S/C35H36N4O4/c1-21(37-23(3)33(25(5)41)35(43)39-31-19-11-15-27-13-7-9-17-29(27)31)20-36-22(2)32(24(4)40)34(42)38-30-18-10-14-26-12-6-8-16-28(26)30/h6-19,21,32-33H,20H2,1-5H3,(H,38,42)(H,39,43). The van der Waals surface area contributed by atoms with Crippen molar-refractivity contribution < 1.29 is 19.2 Å². The van der Waals surface area contributed by atoms with Crippen molar-refractivity contribution in [3.05, 3.63) is 84.9 Å². The first-order valence-corrected chi connectivity index (χ1v) is 14.2. The fourth-order valence-electron chi connectivity index (χ4n) is 5.25. The van der Waals surface area contributed by atoms with Gasteiger partial charge in [0.15, 0.2) is 0 Å². The van der Waals surface area contributed by atoms with E-state index in [1.807, 2.05) is 72.8 Å². The summed E-state index contributed by atoms with van der Waals surface area (Å²) in [5, 5.41) is 9.47. The molecule has 3 unspecified atom stereocenters. The zero-order chi connectivity index (χ0) is 31.1. The maximum Gasteiger partial charge on any atom is 0.240 e. The summed E-state index contributed by atoms with van der Waals surface area (Å²) in [7, 11) is 0. The van der Waals surface area contributed by atoms with E-state index in [0.717, 1.165) is 21.5 Å². The first-order chi connectivity index (χ1) is 20.6. The highest BCUT2D eigenvalue weighted by atomic mass is 16.2. The molecule has 0 saturated heterocycles. The third-order valence-corrected chi connectivity index (χ3v) is 7.30. The predicted molar refractivity (Wildman–Crippen MR) is 174 cm³/mol. The van der Waals surface area contributed by atoms with Gasteiger partial charge in [-0.3, -0.25) is 29.2 Å². The fraction of sp³-hybridized carbons (Fsp3) is 0.257. The van der Waals surface area contributed by atoms with Crippen molar-refractivity contribution in [3.63, 3.8) is 0 Å². The number of nitrogens with zero attached hydrogens (tertiary/aromatic N) is 2. The van der Waals surface area contributed by atoms with Gasteiger partial charge in [-0.2, -0.15) is 0 Å². The lowest BCUT2D eigenvalue weighted by Gasteiger charge is -2.17. The Kier molecular flexibility index (Phi) is 9.93. The number of nitrogens with one attached hydrogen (secondary N) is 2. The lowest BCUT2D eigenvalue weighted by Crippen LogP contribution is -2.35. The van der Waals surface area contributed by atoms with Crippen LogP contribution < -0.4 is 10.6 Å². The Hall–Kier alpha value is -4.98. The molecule has 2 amide bonds.